The van der Waals surface area contributed by atoms with Gasteiger partial charge in [0.2, 0.25) is 0 Å². The molecule has 9 heteroatoms. The molecule has 156 valence electrons. The third-order valence-electron chi connectivity index (χ3n) is 3.67. The van der Waals surface area contributed by atoms with Crippen LogP contribution in [0.2, 0.25) is 0 Å². The van der Waals surface area contributed by atoms with Crippen LogP contribution in [0, 0.1) is 0 Å². The molecule has 0 spiro atoms. The fourth-order valence-corrected chi connectivity index (χ4v) is 1.99. The maximum absolute atomic E-state index is 13.1. The van der Waals surface area contributed by atoms with E-state index in [-0.39, 0.29) is 17.0 Å². The zero-order chi connectivity index (χ0) is 22.4. The number of hydrogen-bond donors (Lipinski definition) is 1. The number of carbonyl (C=O) groups excluding carboxylic acids is 1. The van der Waals surface area contributed by atoms with Gasteiger partial charge in [-0.15, -0.1) is 0 Å². The van der Waals surface area contributed by atoms with Crippen molar-refractivity contribution >= 4 is 11.6 Å². The maximum atomic E-state index is 13.1. The zero-order valence-electron chi connectivity index (χ0n) is 15.6. The summed E-state index contributed by atoms with van der Waals surface area (Å²) in [5.74, 6) is -1.07. The first-order chi connectivity index (χ1) is 13.3. The molecule has 0 unspecified atom stereocenters. The molecule has 1 aromatic carbocycles. The summed E-state index contributed by atoms with van der Waals surface area (Å²) in [6, 6.07) is 4.18. The van der Waals surface area contributed by atoms with Crippen molar-refractivity contribution in [2.45, 2.75) is 26.2 Å². The minimum atomic E-state index is -4.75. The lowest BCUT2D eigenvalue weighted by molar-refractivity contribution is -0.137. The predicted molar refractivity (Wildman–Crippen MR) is 99.3 cm³/mol. The highest BCUT2D eigenvalue weighted by Gasteiger charge is 2.35. The molecule has 0 aromatic heterocycles. The fourth-order valence-electron chi connectivity index (χ4n) is 1.99. The fraction of sp³-hybridized carbons (Fsp3) is 0.200. The molecule has 1 rings (SSSR count). The molecule has 0 radical (unpaired) electrons. The molecule has 0 saturated heterocycles. The van der Waals surface area contributed by atoms with E-state index in [1.54, 1.807) is 0 Å². The van der Waals surface area contributed by atoms with Gasteiger partial charge in [-0.2, -0.15) is 26.3 Å². The van der Waals surface area contributed by atoms with Gasteiger partial charge >= 0.3 is 12.4 Å². The second-order valence-corrected chi connectivity index (χ2v) is 5.82. The molecular formula is C20H18F6N2O. The van der Waals surface area contributed by atoms with Crippen LogP contribution in [0.25, 0.3) is 0 Å². The second-order valence-electron chi connectivity index (χ2n) is 5.82. The van der Waals surface area contributed by atoms with Crippen molar-refractivity contribution < 1.29 is 31.1 Å². The van der Waals surface area contributed by atoms with E-state index in [1.807, 2.05) is 0 Å². The minimum absolute atomic E-state index is 0.00830. The molecule has 1 amide bonds. The van der Waals surface area contributed by atoms with Crippen molar-refractivity contribution in [1.82, 2.24) is 5.32 Å². The summed E-state index contributed by atoms with van der Waals surface area (Å²) in [5, 5.41) is 2.27. The van der Waals surface area contributed by atoms with Gasteiger partial charge in [0.15, 0.2) is 0 Å². The minimum Gasteiger partial charge on any atom is -0.321 e. The number of rotatable bonds is 6. The lowest BCUT2D eigenvalue weighted by Crippen LogP contribution is -2.27. The van der Waals surface area contributed by atoms with Crippen molar-refractivity contribution in [2.75, 3.05) is 0 Å². The topological polar surface area (TPSA) is 41.5 Å². The number of alkyl halides is 6. The van der Waals surface area contributed by atoms with Gasteiger partial charge in [-0.25, -0.2) is 0 Å². The van der Waals surface area contributed by atoms with E-state index in [4.69, 9.17) is 0 Å². The molecule has 0 atom stereocenters. The highest BCUT2D eigenvalue weighted by atomic mass is 19.4. The first kappa shape index (κ1) is 23.9. The van der Waals surface area contributed by atoms with Crippen molar-refractivity contribution in [2.24, 2.45) is 4.99 Å². The van der Waals surface area contributed by atoms with Gasteiger partial charge in [-0.3, -0.25) is 9.79 Å². The van der Waals surface area contributed by atoms with Crippen LogP contribution >= 0.6 is 0 Å². The summed E-state index contributed by atoms with van der Waals surface area (Å²) >= 11 is 0. The van der Waals surface area contributed by atoms with Gasteiger partial charge in [-0.05, 0) is 32.1 Å². The Morgan fingerprint density at radius 1 is 1.10 bits per heavy atom. The van der Waals surface area contributed by atoms with Crippen LogP contribution in [-0.2, 0) is 6.18 Å². The number of nitrogens with one attached hydrogen (secondary N) is 1. The van der Waals surface area contributed by atoms with Crippen LogP contribution in [0.4, 0.5) is 26.3 Å². The third kappa shape index (κ3) is 6.78. The van der Waals surface area contributed by atoms with Crippen LogP contribution in [0.5, 0.6) is 0 Å². The summed E-state index contributed by atoms with van der Waals surface area (Å²) < 4.78 is 76.9. The quantitative estimate of drug-likeness (QED) is 0.346. The standard InChI is InChI=1S/C20H18F6N2O/c1-5-8-17(13(3)14(4)27-11-12(2)19(21,22)23)28-18(29)15-9-6-7-10-16(15)20(24,25)26/h5-11H,1,3H2,2,4H3,(H,28,29)/b12-11+,17-8+,27-14?. The molecule has 0 aliphatic carbocycles. The lowest BCUT2D eigenvalue weighted by Gasteiger charge is -2.15. The second kappa shape index (κ2) is 9.40. The molecule has 0 aliphatic rings. The lowest BCUT2D eigenvalue weighted by atomic mass is 10.0. The Hall–Kier alpha value is -3.10. The third-order valence-corrected chi connectivity index (χ3v) is 3.67. The maximum Gasteiger partial charge on any atom is 0.417 e. The van der Waals surface area contributed by atoms with Crippen LogP contribution in [0.3, 0.4) is 0 Å². The van der Waals surface area contributed by atoms with E-state index in [0.29, 0.717) is 6.20 Å². The van der Waals surface area contributed by atoms with Gasteiger partial charge in [0.25, 0.3) is 5.91 Å². The van der Waals surface area contributed by atoms with Gasteiger partial charge < -0.3 is 5.32 Å². The summed E-state index contributed by atoms with van der Waals surface area (Å²) in [6.45, 7) is 9.25. The molecule has 0 fully saturated rings. The Labute approximate surface area is 163 Å². The zero-order valence-corrected chi connectivity index (χ0v) is 15.6. The molecule has 0 heterocycles. The average Bonchev–Trinajstić information content (AvgIpc) is 2.63. The molecule has 0 bridgehead atoms. The molecule has 0 saturated carbocycles. The Morgan fingerprint density at radius 2 is 1.69 bits per heavy atom. The number of benzene rings is 1. The number of carbonyl (C=O) groups is 1. The predicted octanol–water partition coefficient (Wildman–Crippen LogP) is 5.99. The van der Waals surface area contributed by atoms with Crippen LogP contribution < -0.4 is 5.32 Å². The Bertz CT molecular complexity index is 889. The van der Waals surface area contributed by atoms with Gasteiger partial charge in [0.05, 0.1) is 11.1 Å². The van der Waals surface area contributed by atoms with E-state index < -0.39 is 35.0 Å². The molecule has 3 nitrogen and oxygen atoms in total. The summed E-state index contributed by atoms with van der Waals surface area (Å²) in [4.78, 5) is 16.1. The highest BCUT2D eigenvalue weighted by Crippen LogP contribution is 2.32. The Kier molecular flexibility index (Phi) is 7.76. The molecule has 1 aromatic rings. The number of hydrogen-bond acceptors (Lipinski definition) is 2. The van der Waals surface area contributed by atoms with Crippen molar-refractivity contribution in [3.8, 4) is 0 Å². The van der Waals surface area contributed by atoms with Crippen LogP contribution in [0.15, 0.2) is 77.6 Å². The molecule has 0 aliphatic heterocycles. The van der Waals surface area contributed by atoms with E-state index in [1.165, 1.54) is 25.1 Å². The molecular weight excluding hydrogens is 398 g/mol. The summed E-state index contributed by atoms with van der Waals surface area (Å²) in [7, 11) is 0. The normalized spacial score (nSPS) is 13.9. The average molecular weight is 416 g/mol. The Balaban J connectivity index is 3.18. The number of aliphatic imine (C=N–C) groups is 1. The number of amides is 1. The molecule has 1 N–H and O–H groups in total. The largest absolute Gasteiger partial charge is 0.417 e. The Morgan fingerprint density at radius 3 is 2.21 bits per heavy atom. The van der Waals surface area contributed by atoms with Gasteiger partial charge in [0, 0.05) is 28.8 Å². The first-order valence-electron chi connectivity index (χ1n) is 8.07. The van der Waals surface area contributed by atoms with E-state index >= 15 is 0 Å². The SMILES string of the molecule is C=C/C=C(/NC(=O)c1ccccc1C(F)(F)F)C(=C)C(C)=N/C=C(\C)C(F)(F)F. The first-order valence-corrected chi connectivity index (χ1v) is 8.07. The van der Waals surface area contributed by atoms with Crippen LogP contribution in [-0.4, -0.2) is 17.8 Å². The monoisotopic (exact) mass is 416 g/mol. The van der Waals surface area contributed by atoms with Crippen molar-refractivity contribution in [3.05, 3.63) is 83.7 Å². The van der Waals surface area contributed by atoms with Crippen molar-refractivity contribution in [3.63, 3.8) is 0 Å². The van der Waals surface area contributed by atoms with Gasteiger partial charge in [-0.1, -0.05) is 31.4 Å². The summed E-state index contributed by atoms with van der Waals surface area (Å²) in [5.41, 5.74) is -2.73. The summed E-state index contributed by atoms with van der Waals surface area (Å²) in [6.07, 6.45) is -6.23. The number of allylic oxidation sites excluding steroid dienone is 4. The van der Waals surface area contributed by atoms with E-state index in [9.17, 15) is 31.1 Å². The number of nitrogens with zero attached hydrogens (tertiary/aromatic N) is 1. The van der Waals surface area contributed by atoms with Gasteiger partial charge in [0.1, 0.15) is 0 Å². The smallest absolute Gasteiger partial charge is 0.321 e. The highest BCUT2D eigenvalue weighted by molar-refractivity contribution is 6.04. The van der Waals surface area contributed by atoms with Crippen LogP contribution in [0.1, 0.15) is 29.8 Å². The van der Waals surface area contributed by atoms with E-state index in [0.717, 1.165) is 25.1 Å². The molecule has 29 heavy (non-hydrogen) atoms. The van der Waals surface area contributed by atoms with Crippen molar-refractivity contribution in [1.29, 1.82) is 0 Å². The van der Waals surface area contributed by atoms with E-state index in [2.05, 4.69) is 23.5 Å². The number of halogens is 6.